The van der Waals surface area contributed by atoms with E-state index in [9.17, 15) is 4.79 Å². The number of para-hydroxylation sites is 2. The van der Waals surface area contributed by atoms with Crippen LogP contribution in [0.15, 0.2) is 66.7 Å². The van der Waals surface area contributed by atoms with Gasteiger partial charge in [0.25, 0.3) is 0 Å². The lowest BCUT2D eigenvalue weighted by atomic mass is 9.68. The maximum Gasteiger partial charge on any atom is 0.244 e. The van der Waals surface area contributed by atoms with Crippen molar-refractivity contribution in [1.82, 2.24) is 9.13 Å². The Hall–Kier alpha value is -3.79. The molecular formula is C30H29N3O. The predicted octanol–water partition coefficient (Wildman–Crippen LogP) is 6.14. The number of rotatable bonds is 3. The van der Waals surface area contributed by atoms with Crippen molar-refractivity contribution in [2.24, 2.45) is 14.1 Å². The highest BCUT2D eigenvalue weighted by Crippen LogP contribution is 2.54. The van der Waals surface area contributed by atoms with E-state index in [1.807, 2.05) is 0 Å². The van der Waals surface area contributed by atoms with Gasteiger partial charge < -0.3 is 14.5 Å². The van der Waals surface area contributed by atoms with Gasteiger partial charge in [0.15, 0.2) is 0 Å². The molecule has 34 heavy (non-hydrogen) atoms. The third kappa shape index (κ3) is 2.40. The first kappa shape index (κ1) is 20.8. The Kier molecular flexibility index (Phi) is 4.34. The summed E-state index contributed by atoms with van der Waals surface area (Å²) in [5, 5.41) is 5.53. The number of aryl methyl sites for hydroxylation is 3. The molecule has 4 nitrogen and oxygen atoms in total. The number of benzene rings is 3. The van der Waals surface area contributed by atoms with Crippen LogP contribution in [-0.2, 0) is 30.7 Å². The second-order valence-electron chi connectivity index (χ2n) is 9.51. The highest BCUT2D eigenvalue weighted by molar-refractivity contribution is 6.16. The lowest BCUT2D eigenvalue weighted by Crippen LogP contribution is -2.38. The molecule has 0 saturated heterocycles. The second kappa shape index (κ2) is 7.10. The number of hydrogen-bond donors (Lipinski definition) is 1. The van der Waals surface area contributed by atoms with Gasteiger partial charge in [0, 0.05) is 69.7 Å². The minimum absolute atomic E-state index is 0.0228. The van der Waals surface area contributed by atoms with E-state index in [0.717, 1.165) is 62.0 Å². The highest BCUT2D eigenvalue weighted by Gasteiger charge is 2.54. The maximum absolute atomic E-state index is 14.4. The van der Waals surface area contributed by atoms with Crippen molar-refractivity contribution >= 4 is 33.4 Å². The van der Waals surface area contributed by atoms with Crippen LogP contribution in [0.2, 0.25) is 0 Å². The number of hydrogen-bond acceptors (Lipinski definition) is 1. The van der Waals surface area contributed by atoms with Crippen LogP contribution >= 0.6 is 0 Å². The molecule has 0 atom stereocenters. The van der Waals surface area contributed by atoms with Crippen molar-refractivity contribution < 1.29 is 4.79 Å². The van der Waals surface area contributed by atoms with Gasteiger partial charge in [0.1, 0.15) is 5.41 Å². The fourth-order valence-electron chi connectivity index (χ4n) is 6.18. The summed E-state index contributed by atoms with van der Waals surface area (Å²) in [7, 11) is 4.20. The van der Waals surface area contributed by atoms with Gasteiger partial charge in [-0.3, -0.25) is 4.79 Å². The van der Waals surface area contributed by atoms with Gasteiger partial charge in [-0.15, -0.1) is 0 Å². The molecule has 2 aromatic heterocycles. The van der Waals surface area contributed by atoms with E-state index >= 15 is 0 Å². The summed E-state index contributed by atoms with van der Waals surface area (Å²) in [6.07, 6.45) is 0.917. The van der Waals surface area contributed by atoms with Crippen molar-refractivity contribution in [3.63, 3.8) is 0 Å². The zero-order chi connectivity index (χ0) is 23.8. The number of fused-ring (bicyclic) bond motifs is 3. The lowest BCUT2D eigenvalue weighted by molar-refractivity contribution is -0.118. The summed E-state index contributed by atoms with van der Waals surface area (Å²) < 4.78 is 4.45. The fraction of sp³-hybridized carbons (Fsp3) is 0.233. The zero-order valence-electron chi connectivity index (χ0n) is 20.4. The molecule has 0 fully saturated rings. The molecule has 1 aliphatic heterocycles. The molecule has 1 amide bonds. The Labute approximate surface area is 199 Å². The number of carbonyl (C=O) groups is 1. The van der Waals surface area contributed by atoms with Crippen molar-refractivity contribution in [2.45, 2.75) is 32.6 Å². The minimum Gasteiger partial charge on any atom is -0.348 e. The van der Waals surface area contributed by atoms with E-state index in [-0.39, 0.29) is 5.91 Å². The molecule has 3 heterocycles. The van der Waals surface area contributed by atoms with Gasteiger partial charge in [0.2, 0.25) is 5.91 Å². The normalized spacial score (nSPS) is 14.7. The van der Waals surface area contributed by atoms with Gasteiger partial charge in [0.05, 0.1) is 0 Å². The molecule has 6 rings (SSSR count). The Morgan fingerprint density at radius 2 is 1.32 bits per heavy atom. The number of nitrogens with one attached hydrogen (secondary N) is 1. The Bertz CT molecular complexity index is 1550. The van der Waals surface area contributed by atoms with Crippen LogP contribution in [-0.4, -0.2) is 15.0 Å². The van der Waals surface area contributed by atoms with Crippen molar-refractivity contribution in [2.75, 3.05) is 5.32 Å². The summed E-state index contributed by atoms with van der Waals surface area (Å²) in [4.78, 5) is 14.4. The monoisotopic (exact) mass is 447 g/mol. The third-order valence-corrected chi connectivity index (χ3v) is 8.03. The van der Waals surface area contributed by atoms with E-state index in [4.69, 9.17) is 0 Å². The molecule has 5 aromatic rings. The van der Waals surface area contributed by atoms with Crippen LogP contribution < -0.4 is 5.32 Å². The summed E-state index contributed by atoms with van der Waals surface area (Å²) in [5.41, 5.74) is 8.89. The Balaban J connectivity index is 1.89. The zero-order valence-corrected chi connectivity index (χ0v) is 20.4. The first-order valence-corrected chi connectivity index (χ1v) is 11.9. The van der Waals surface area contributed by atoms with E-state index in [1.165, 1.54) is 5.56 Å². The van der Waals surface area contributed by atoms with Crippen molar-refractivity contribution in [3.8, 4) is 0 Å². The van der Waals surface area contributed by atoms with E-state index in [1.54, 1.807) is 0 Å². The van der Waals surface area contributed by atoms with Crippen LogP contribution in [0.4, 0.5) is 5.69 Å². The van der Waals surface area contributed by atoms with Crippen LogP contribution in [0, 0.1) is 13.8 Å². The average Bonchev–Trinajstić information content (AvgIpc) is 3.39. The maximum atomic E-state index is 14.4. The molecule has 1 aliphatic rings. The summed E-state index contributed by atoms with van der Waals surface area (Å²) in [6, 6.07) is 23.3. The second-order valence-corrected chi connectivity index (χ2v) is 9.51. The molecule has 170 valence electrons. The fourth-order valence-corrected chi connectivity index (χ4v) is 6.18. The summed E-state index contributed by atoms with van der Waals surface area (Å²) >= 11 is 0. The largest absolute Gasteiger partial charge is 0.348 e. The number of carbonyl (C=O) groups excluding carboxylic acids is 1. The van der Waals surface area contributed by atoms with Crippen LogP contribution in [0.1, 0.15) is 40.6 Å². The van der Waals surface area contributed by atoms with E-state index < -0.39 is 5.41 Å². The molecule has 1 N–H and O–H groups in total. The molecule has 0 saturated carbocycles. The molecular weight excluding hydrogens is 418 g/mol. The van der Waals surface area contributed by atoms with E-state index in [0.29, 0.717) is 0 Å². The molecule has 0 spiro atoms. The molecule has 0 aliphatic carbocycles. The average molecular weight is 448 g/mol. The third-order valence-electron chi connectivity index (χ3n) is 8.03. The molecule has 0 radical (unpaired) electrons. The number of nitrogens with zero attached hydrogens (tertiary/aromatic N) is 2. The lowest BCUT2D eigenvalue weighted by Gasteiger charge is -2.30. The summed E-state index contributed by atoms with van der Waals surface area (Å²) in [6.45, 7) is 6.46. The Morgan fingerprint density at radius 3 is 1.85 bits per heavy atom. The van der Waals surface area contributed by atoms with Crippen LogP contribution in [0.25, 0.3) is 21.8 Å². The van der Waals surface area contributed by atoms with Gasteiger partial charge >= 0.3 is 0 Å². The minimum atomic E-state index is -0.948. The van der Waals surface area contributed by atoms with Crippen molar-refractivity contribution in [3.05, 3.63) is 100 Å². The topological polar surface area (TPSA) is 39.0 Å². The van der Waals surface area contributed by atoms with Gasteiger partial charge in [-0.25, -0.2) is 0 Å². The number of anilines is 1. The van der Waals surface area contributed by atoms with E-state index in [2.05, 4.69) is 116 Å². The molecule has 0 bridgehead atoms. The smallest absolute Gasteiger partial charge is 0.244 e. The Morgan fingerprint density at radius 1 is 0.794 bits per heavy atom. The SMILES string of the molecule is CCc1ccc2c(c1)C(c1c(C)n(C)c3ccccc13)(c1c(C)n(C)c3ccccc13)C(=O)N2. The molecule has 4 heteroatoms. The molecule has 3 aromatic carbocycles. The van der Waals surface area contributed by atoms with Crippen LogP contribution in [0.3, 0.4) is 0 Å². The van der Waals surface area contributed by atoms with Gasteiger partial charge in [-0.2, -0.15) is 0 Å². The number of aromatic nitrogens is 2. The standard InChI is InChI=1S/C30H29N3O/c1-6-20-15-16-24-23(17-20)30(29(34)31-24,27-18(2)32(4)25-13-9-7-11-21(25)27)28-19(3)33(5)26-14-10-8-12-22(26)28/h7-17H,6H2,1-5H3,(H,31,34). The quantitative estimate of drug-likeness (QED) is 0.355. The number of amides is 1. The first-order valence-electron chi connectivity index (χ1n) is 11.9. The van der Waals surface area contributed by atoms with Gasteiger partial charge in [-0.1, -0.05) is 55.5 Å². The van der Waals surface area contributed by atoms with Gasteiger partial charge in [-0.05, 0) is 44.0 Å². The van der Waals surface area contributed by atoms with Crippen LogP contribution in [0.5, 0.6) is 0 Å². The van der Waals surface area contributed by atoms with Crippen molar-refractivity contribution in [1.29, 1.82) is 0 Å². The summed E-state index contributed by atoms with van der Waals surface area (Å²) in [5.74, 6) is 0.0228. The highest BCUT2D eigenvalue weighted by atomic mass is 16.2. The first-order chi connectivity index (χ1) is 16.4. The predicted molar refractivity (Wildman–Crippen MR) is 140 cm³/mol. The molecule has 0 unspecified atom stereocenters.